The standard InChI is InChI=1S/C21H28N4O2/c1-27-19-10-3-2-8-16(19)20-17(14-23-24-20)21(26)22-13-15-7-6-12-25-11-5-4-9-18(15)25/h2-3,8,10,14-15,18H,4-7,9,11-13H2,1H3,(H,22,26)(H,23,24)/t15-,18-/m0/s1. The van der Waals surface area contributed by atoms with Gasteiger partial charge in [0, 0.05) is 18.2 Å². The van der Waals surface area contributed by atoms with Gasteiger partial charge in [0.05, 0.1) is 24.6 Å². The van der Waals surface area contributed by atoms with E-state index >= 15 is 0 Å². The van der Waals surface area contributed by atoms with E-state index in [4.69, 9.17) is 4.74 Å². The second-order valence-corrected chi connectivity index (χ2v) is 7.57. The molecule has 2 fully saturated rings. The van der Waals surface area contributed by atoms with Crippen molar-refractivity contribution in [2.75, 3.05) is 26.7 Å². The summed E-state index contributed by atoms with van der Waals surface area (Å²) in [7, 11) is 1.63. The molecular weight excluding hydrogens is 340 g/mol. The highest BCUT2D eigenvalue weighted by Gasteiger charge is 2.33. The smallest absolute Gasteiger partial charge is 0.255 e. The fourth-order valence-corrected chi connectivity index (χ4v) is 4.65. The fraction of sp³-hybridized carbons (Fsp3) is 0.524. The van der Waals surface area contributed by atoms with E-state index in [9.17, 15) is 4.79 Å². The molecule has 144 valence electrons. The van der Waals surface area contributed by atoms with Crippen molar-refractivity contribution in [1.29, 1.82) is 0 Å². The maximum atomic E-state index is 12.9. The van der Waals surface area contributed by atoms with Crippen molar-refractivity contribution in [3.63, 3.8) is 0 Å². The molecule has 2 aliphatic rings. The normalized spacial score (nSPS) is 22.9. The Morgan fingerprint density at radius 2 is 2.11 bits per heavy atom. The minimum atomic E-state index is -0.0717. The number of nitrogens with zero attached hydrogens (tertiary/aromatic N) is 2. The van der Waals surface area contributed by atoms with Gasteiger partial charge < -0.3 is 15.0 Å². The zero-order valence-corrected chi connectivity index (χ0v) is 15.9. The molecule has 1 aromatic carbocycles. The van der Waals surface area contributed by atoms with Crippen molar-refractivity contribution < 1.29 is 9.53 Å². The summed E-state index contributed by atoms with van der Waals surface area (Å²) in [5.74, 6) is 1.20. The summed E-state index contributed by atoms with van der Waals surface area (Å²) in [6, 6.07) is 8.30. The highest BCUT2D eigenvalue weighted by Crippen LogP contribution is 2.32. The van der Waals surface area contributed by atoms with Gasteiger partial charge in [0.1, 0.15) is 5.75 Å². The molecule has 4 rings (SSSR count). The summed E-state index contributed by atoms with van der Waals surface area (Å²) >= 11 is 0. The second kappa shape index (κ2) is 8.13. The van der Waals surface area contributed by atoms with E-state index in [1.54, 1.807) is 13.3 Å². The Morgan fingerprint density at radius 3 is 3.00 bits per heavy atom. The van der Waals surface area contributed by atoms with Crippen LogP contribution in [0.4, 0.5) is 0 Å². The van der Waals surface area contributed by atoms with Gasteiger partial charge in [-0.25, -0.2) is 0 Å². The number of rotatable bonds is 5. The van der Waals surface area contributed by atoms with Crippen molar-refractivity contribution in [1.82, 2.24) is 20.4 Å². The minimum Gasteiger partial charge on any atom is -0.496 e. The quantitative estimate of drug-likeness (QED) is 0.851. The summed E-state index contributed by atoms with van der Waals surface area (Å²) in [5, 5.41) is 10.2. The number of ether oxygens (including phenoxy) is 1. The maximum absolute atomic E-state index is 12.9. The van der Waals surface area contributed by atoms with Crippen LogP contribution in [0.5, 0.6) is 5.75 Å². The Balaban J connectivity index is 1.46. The van der Waals surface area contributed by atoms with Crippen LogP contribution in [0, 0.1) is 5.92 Å². The number of H-pyrrole nitrogens is 1. The number of hydrogen-bond acceptors (Lipinski definition) is 4. The molecule has 27 heavy (non-hydrogen) atoms. The van der Waals surface area contributed by atoms with E-state index in [1.165, 1.54) is 45.2 Å². The summed E-state index contributed by atoms with van der Waals surface area (Å²) in [6.07, 6.45) is 7.92. The number of piperidine rings is 2. The SMILES string of the molecule is COc1ccccc1-c1[nH]ncc1C(=O)NC[C@@H]1CCCN2CCCC[C@@H]12. The highest BCUT2D eigenvalue weighted by molar-refractivity contribution is 6.00. The largest absolute Gasteiger partial charge is 0.496 e. The Morgan fingerprint density at radius 1 is 1.26 bits per heavy atom. The molecule has 0 aliphatic carbocycles. The number of carbonyl (C=O) groups is 1. The molecule has 1 amide bonds. The van der Waals surface area contributed by atoms with Crippen LogP contribution >= 0.6 is 0 Å². The third-order valence-electron chi connectivity index (χ3n) is 6.01. The minimum absolute atomic E-state index is 0.0717. The molecule has 6 nitrogen and oxygen atoms in total. The number of hydrogen-bond donors (Lipinski definition) is 2. The summed E-state index contributed by atoms with van der Waals surface area (Å²) in [6.45, 7) is 3.17. The molecule has 2 aliphatic heterocycles. The second-order valence-electron chi connectivity index (χ2n) is 7.57. The number of aromatic nitrogens is 2. The number of para-hydroxylation sites is 1. The predicted molar refractivity (Wildman–Crippen MR) is 105 cm³/mol. The van der Waals surface area contributed by atoms with Gasteiger partial charge in [-0.2, -0.15) is 5.10 Å². The van der Waals surface area contributed by atoms with Crippen LogP contribution in [-0.2, 0) is 0 Å². The number of methoxy groups -OCH3 is 1. The third kappa shape index (κ3) is 3.72. The maximum Gasteiger partial charge on any atom is 0.255 e. The lowest BCUT2D eigenvalue weighted by molar-refractivity contribution is 0.0576. The molecule has 0 unspecified atom stereocenters. The zero-order valence-electron chi connectivity index (χ0n) is 15.9. The Bertz CT molecular complexity index is 786. The molecule has 2 N–H and O–H groups in total. The van der Waals surface area contributed by atoms with E-state index < -0.39 is 0 Å². The number of benzene rings is 1. The lowest BCUT2D eigenvalue weighted by Gasteiger charge is -2.44. The van der Waals surface area contributed by atoms with Gasteiger partial charge in [-0.3, -0.25) is 9.89 Å². The Hall–Kier alpha value is -2.34. The van der Waals surface area contributed by atoms with E-state index in [-0.39, 0.29) is 5.91 Å². The van der Waals surface area contributed by atoms with Crippen LogP contribution in [0.2, 0.25) is 0 Å². The molecular formula is C21H28N4O2. The van der Waals surface area contributed by atoms with Crippen LogP contribution in [0.3, 0.4) is 0 Å². The van der Waals surface area contributed by atoms with Gasteiger partial charge in [0.2, 0.25) is 0 Å². The van der Waals surface area contributed by atoms with Crippen molar-refractivity contribution in [3.8, 4) is 17.0 Å². The molecule has 2 atom stereocenters. The van der Waals surface area contributed by atoms with Crippen LogP contribution in [0.1, 0.15) is 42.5 Å². The van der Waals surface area contributed by atoms with Crippen molar-refractivity contribution >= 4 is 5.91 Å². The third-order valence-corrected chi connectivity index (χ3v) is 6.01. The molecule has 2 aromatic rings. The van der Waals surface area contributed by atoms with Gasteiger partial charge in [0.25, 0.3) is 5.91 Å². The van der Waals surface area contributed by atoms with Crippen LogP contribution < -0.4 is 10.1 Å². The predicted octanol–water partition coefficient (Wildman–Crippen LogP) is 3.08. The van der Waals surface area contributed by atoms with E-state index in [2.05, 4.69) is 20.4 Å². The van der Waals surface area contributed by atoms with Crippen molar-refractivity contribution in [3.05, 3.63) is 36.0 Å². The number of aromatic amines is 1. The van der Waals surface area contributed by atoms with Gasteiger partial charge in [-0.15, -0.1) is 0 Å². The molecule has 0 radical (unpaired) electrons. The van der Waals surface area contributed by atoms with Crippen LogP contribution in [0.25, 0.3) is 11.3 Å². The number of carbonyl (C=O) groups excluding carboxylic acids is 1. The molecule has 0 saturated carbocycles. The van der Waals surface area contributed by atoms with E-state index in [1.807, 2.05) is 24.3 Å². The molecule has 6 heteroatoms. The number of nitrogens with one attached hydrogen (secondary N) is 2. The first-order chi connectivity index (χ1) is 13.3. The molecule has 2 saturated heterocycles. The number of fused-ring (bicyclic) bond motifs is 1. The summed E-state index contributed by atoms with van der Waals surface area (Å²) < 4.78 is 5.43. The van der Waals surface area contributed by atoms with Gasteiger partial charge in [-0.1, -0.05) is 18.6 Å². The van der Waals surface area contributed by atoms with Crippen molar-refractivity contribution in [2.45, 2.75) is 38.1 Å². The molecule has 0 bridgehead atoms. The summed E-state index contributed by atoms with van der Waals surface area (Å²) in [5.41, 5.74) is 2.11. The zero-order chi connectivity index (χ0) is 18.6. The van der Waals surface area contributed by atoms with Crippen molar-refractivity contribution in [2.24, 2.45) is 5.92 Å². The molecule has 0 spiro atoms. The lowest BCUT2D eigenvalue weighted by Crippen LogP contribution is -2.51. The average Bonchev–Trinajstić information content (AvgIpc) is 3.21. The monoisotopic (exact) mass is 368 g/mol. The molecule has 3 heterocycles. The average molecular weight is 368 g/mol. The Kier molecular flexibility index (Phi) is 5.43. The summed E-state index contributed by atoms with van der Waals surface area (Å²) in [4.78, 5) is 15.5. The number of amides is 1. The van der Waals surface area contributed by atoms with Crippen LogP contribution in [0.15, 0.2) is 30.5 Å². The first-order valence-corrected chi connectivity index (χ1v) is 9.97. The van der Waals surface area contributed by atoms with Gasteiger partial charge in [0.15, 0.2) is 0 Å². The van der Waals surface area contributed by atoms with Gasteiger partial charge in [-0.05, 0) is 56.8 Å². The van der Waals surface area contributed by atoms with Gasteiger partial charge >= 0.3 is 0 Å². The first kappa shape index (κ1) is 18.0. The molecule has 1 aromatic heterocycles. The fourth-order valence-electron chi connectivity index (χ4n) is 4.65. The van der Waals surface area contributed by atoms with E-state index in [0.717, 1.165) is 17.9 Å². The highest BCUT2D eigenvalue weighted by atomic mass is 16.5. The first-order valence-electron chi connectivity index (χ1n) is 9.97. The van der Waals surface area contributed by atoms with E-state index in [0.29, 0.717) is 23.2 Å². The van der Waals surface area contributed by atoms with Crippen LogP contribution in [-0.4, -0.2) is 53.8 Å². The topological polar surface area (TPSA) is 70.2 Å². The Labute approximate surface area is 160 Å². The lowest BCUT2D eigenvalue weighted by atomic mass is 9.83.